The minimum absolute atomic E-state index is 0.0827. The lowest BCUT2D eigenvalue weighted by molar-refractivity contribution is -0.385. The topological polar surface area (TPSA) is 89.7 Å². The van der Waals surface area contributed by atoms with Gasteiger partial charge in [-0.15, -0.1) is 0 Å². The van der Waals surface area contributed by atoms with Gasteiger partial charge in [-0.3, -0.25) is 10.1 Å². The summed E-state index contributed by atoms with van der Waals surface area (Å²) in [6.07, 6.45) is -0.815. The van der Waals surface area contributed by atoms with Crippen molar-refractivity contribution in [1.82, 2.24) is 0 Å². The fourth-order valence-electron chi connectivity index (χ4n) is 1.76. The van der Waals surface area contributed by atoms with Crippen molar-refractivity contribution in [3.8, 4) is 0 Å². The van der Waals surface area contributed by atoms with Crippen molar-refractivity contribution < 1.29 is 19.6 Å². The Morgan fingerprint density at radius 3 is 2.65 bits per heavy atom. The van der Waals surface area contributed by atoms with Crippen LogP contribution in [0.4, 0.5) is 5.69 Å². The summed E-state index contributed by atoms with van der Waals surface area (Å²) in [5.74, 6) is -0.720. The smallest absolute Gasteiger partial charge is 0.336 e. The number of carbonyl (C=O) groups is 1. The summed E-state index contributed by atoms with van der Waals surface area (Å²) in [7, 11) is 0. The van der Waals surface area contributed by atoms with Crippen LogP contribution < -0.4 is 0 Å². The monoisotopic (exact) mass is 279 g/mol. The molecule has 0 aliphatic rings. The van der Waals surface area contributed by atoms with Gasteiger partial charge in [-0.05, 0) is 18.9 Å². The van der Waals surface area contributed by atoms with Crippen molar-refractivity contribution in [3.05, 3.63) is 51.6 Å². The molecule has 1 rings (SSSR count). The first-order chi connectivity index (χ1) is 9.42. The Morgan fingerprint density at radius 1 is 1.50 bits per heavy atom. The third-order valence-electron chi connectivity index (χ3n) is 2.87. The Hall–Kier alpha value is -2.21. The van der Waals surface area contributed by atoms with E-state index in [1.165, 1.54) is 6.07 Å². The number of nitrogens with zero attached hydrogens (tertiary/aromatic N) is 1. The van der Waals surface area contributed by atoms with E-state index in [0.717, 1.165) is 0 Å². The van der Waals surface area contributed by atoms with Gasteiger partial charge in [0.2, 0.25) is 0 Å². The molecule has 1 aromatic rings. The average molecular weight is 279 g/mol. The van der Waals surface area contributed by atoms with Gasteiger partial charge in [0, 0.05) is 11.6 Å². The van der Waals surface area contributed by atoms with Gasteiger partial charge < -0.3 is 9.84 Å². The third kappa shape index (κ3) is 3.42. The van der Waals surface area contributed by atoms with E-state index in [1.54, 1.807) is 26.0 Å². The molecule has 0 spiro atoms. The van der Waals surface area contributed by atoms with Gasteiger partial charge in [0.1, 0.15) is 6.10 Å². The number of ether oxygens (including phenoxy) is 1. The molecule has 108 valence electrons. The first-order valence-corrected chi connectivity index (χ1v) is 6.23. The fraction of sp³-hybridized carbons (Fsp3) is 0.357. The molecule has 0 aliphatic heterocycles. The highest BCUT2D eigenvalue weighted by molar-refractivity contribution is 5.89. The molecule has 1 atom stereocenters. The molecule has 0 aromatic heterocycles. The number of aliphatic hydroxyl groups excluding tert-OH is 1. The van der Waals surface area contributed by atoms with Crippen molar-refractivity contribution in [2.45, 2.75) is 26.4 Å². The van der Waals surface area contributed by atoms with Crippen LogP contribution in [0.5, 0.6) is 0 Å². The Balaban J connectivity index is 3.08. The van der Waals surface area contributed by atoms with Gasteiger partial charge in [-0.1, -0.05) is 25.6 Å². The molecule has 0 amide bonds. The second kappa shape index (κ2) is 6.81. The zero-order valence-electron chi connectivity index (χ0n) is 11.5. The highest BCUT2D eigenvalue weighted by Crippen LogP contribution is 2.27. The van der Waals surface area contributed by atoms with Crippen LogP contribution in [0.1, 0.15) is 31.1 Å². The Morgan fingerprint density at radius 2 is 2.15 bits per heavy atom. The first kappa shape index (κ1) is 15.8. The summed E-state index contributed by atoms with van der Waals surface area (Å²) in [6, 6.07) is 4.37. The van der Waals surface area contributed by atoms with E-state index in [2.05, 4.69) is 6.58 Å². The molecule has 6 heteroatoms. The van der Waals surface area contributed by atoms with Crippen LogP contribution in [0.15, 0.2) is 30.4 Å². The molecular weight excluding hydrogens is 262 g/mol. The van der Waals surface area contributed by atoms with Gasteiger partial charge in [-0.25, -0.2) is 4.79 Å². The highest BCUT2D eigenvalue weighted by Gasteiger charge is 2.22. The largest absolute Gasteiger partial charge is 0.463 e. The molecule has 1 N–H and O–H groups in total. The number of nitro groups is 1. The second-order valence-electron chi connectivity index (χ2n) is 4.15. The van der Waals surface area contributed by atoms with Gasteiger partial charge in [-0.2, -0.15) is 0 Å². The van der Waals surface area contributed by atoms with E-state index in [1.807, 2.05) is 0 Å². The van der Waals surface area contributed by atoms with Crippen LogP contribution in [0.2, 0.25) is 0 Å². The van der Waals surface area contributed by atoms with E-state index >= 15 is 0 Å². The average Bonchev–Trinajstić information content (AvgIpc) is 2.45. The molecule has 0 saturated heterocycles. The summed E-state index contributed by atoms with van der Waals surface area (Å²) < 4.78 is 4.74. The second-order valence-corrected chi connectivity index (χ2v) is 4.15. The van der Waals surface area contributed by atoms with Gasteiger partial charge in [0.25, 0.3) is 5.69 Å². The number of aryl methyl sites for hydroxylation is 1. The lowest BCUT2D eigenvalue weighted by Gasteiger charge is -2.13. The molecule has 0 saturated carbocycles. The molecule has 1 unspecified atom stereocenters. The number of aliphatic hydroxyl groups is 1. The standard InChI is InChI=1S/C14H17NO5/c1-4-10-6-7-11(8-12(10)15(18)19)13(16)9(3)14(17)20-5-2/h6-8,13,16H,3-5H2,1-2H3. The Bertz CT molecular complexity index is 538. The van der Waals surface area contributed by atoms with Crippen LogP contribution in [-0.4, -0.2) is 22.6 Å². The Labute approximate surface area is 116 Å². The van der Waals surface area contributed by atoms with Crippen LogP contribution in [-0.2, 0) is 16.0 Å². The maximum atomic E-state index is 11.5. The normalized spacial score (nSPS) is 11.8. The van der Waals surface area contributed by atoms with Crippen LogP contribution >= 0.6 is 0 Å². The first-order valence-electron chi connectivity index (χ1n) is 6.23. The van der Waals surface area contributed by atoms with E-state index in [-0.39, 0.29) is 23.4 Å². The molecule has 0 radical (unpaired) electrons. The predicted octanol–water partition coefficient (Wildman–Crippen LogP) is 2.31. The molecule has 1 aromatic carbocycles. The van der Waals surface area contributed by atoms with Gasteiger partial charge in [0.05, 0.1) is 17.1 Å². The quantitative estimate of drug-likeness (QED) is 0.373. The molecule has 0 bridgehead atoms. The van der Waals surface area contributed by atoms with Crippen LogP contribution in [0.25, 0.3) is 0 Å². The van der Waals surface area contributed by atoms with E-state index < -0.39 is 17.0 Å². The van der Waals surface area contributed by atoms with Crippen molar-refractivity contribution in [2.75, 3.05) is 6.61 Å². The molecule has 0 fully saturated rings. The van der Waals surface area contributed by atoms with Crippen molar-refractivity contribution in [2.24, 2.45) is 0 Å². The van der Waals surface area contributed by atoms with Crippen LogP contribution in [0.3, 0.4) is 0 Å². The van der Waals surface area contributed by atoms with E-state index in [9.17, 15) is 20.0 Å². The van der Waals surface area contributed by atoms with Crippen LogP contribution in [0, 0.1) is 10.1 Å². The summed E-state index contributed by atoms with van der Waals surface area (Å²) in [6.45, 7) is 7.08. The van der Waals surface area contributed by atoms with Crippen molar-refractivity contribution in [1.29, 1.82) is 0 Å². The number of nitro benzene ring substituents is 1. The molecule has 0 heterocycles. The van der Waals surface area contributed by atoms with E-state index in [4.69, 9.17) is 4.74 Å². The van der Waals surface area contributed by atoms with Gasteiger partial charge in [0.15, 0.2) is 0 Å². The summed E-state index contributed by atoms with van der Waals surface area (Å²) >= 11 is 0. The molecule has 6 nitrogen and oxygen atoms in total. The number of esters is 1. The summed E-state index contributed by atoms with van der Waals surface area (Å²) in [4.78, 5) is 21.9. The minimum Gasteiger partial charge on any atom is -0.463 e. The fourth-order valence-corrected chi connectivity index (χ4v) is 1.76. The maximum Gasteiger partial charge on any atom is 0.336 e. The van der Waals surface area contributed by atoms with E-state index in [0.29, 0.717) is 12.0 Å². The SMILES string of the molecule is C=C(C(=O)OCC)C(O)c1ccc(CC)c([N+](=O)[O-])c1. The summed E-state index contributed by atoms with van der Waals surface area (Å²) in [5.41, 5.74) is 0.575. The lowest BCUT2D eigenvalue weighted by atomic mass is 9.99. The minimum atomic E-state index is -1.32. The lowest BCUT2D eigenvalue weighted by Crippen LogP contribution is -2.14. The number of rotatable bonds is 6. The number of carbonyl (C=O) groups excluding carboxylic acids is 1. The number of hydrogen-bond acceptors (Lipinski definition) is 5. The predicted molar refractivity (Wildman–Crippen MR) is 73.2 cm³/mol. The van der Waals surface area contributed by atoms with Gasteiger partial charge >= 0.3 is 5.97 Å². The zero-order chi connectivity index (χ0) is 15.3. The van der Waals surface area contributed by atoms with Crippen molar-refractivity contribution >= 4 is 11.7 Å². The summed E-state index contributed by atoms with van der Waals surface area (Å²) in [5, 5.41) is 21.0. The third-order valence-corrected chi connectivity index (χ3v) is 2.87. The molecular formula is C14H17NO5. The maximum absolute atomic E-state index is 11.5. The molecule has 0 aliphatic carbocycles. The Kier molecular flexibility index (Phi) is 5.40. The zero-order valence-corrected chi connectivity index (χ0v) is 11.5. The van der Waals surface area contributed by atoms with Crippen molar-refractivity contribution in [3.63, 3.8) is 0 Å². The molecule has 20 heavy (non-hydrogen) atoms. The number of benzene rings is 1. The highest BCUT2D eigenvalue weighted by atomic mass is 16.6. The number of hydrogen-bond donors (Lipinski definition) is 1.